The van der Waals surface area contributed by atoms with Crippen LogP contribution in [0.3, 0.4) is 0 Å². The molecule has 0 saturated carbocycles. The zero-order valence-electron chi connectivity index (χ0n) is 12.2. The predicted octanol–water partition coefficient (Wildman–Crippen LogP) is 3.97. The molecule has 0 aliphatic rings. The lowest BCUT2D eigenvalue weighted by Gasteiger charge is -2.05. The molecule has 1 amide bonds. The van der Waals surface area contributed by atoms with E-state index >= 15 is 0 Å². The highest BCUT2D eigenvalue weighted by Gasteiger charge is 2.10. The number of hydrogen-bond donors (Lipinski definition) is 2. The molecule has 0 fully saturated rings. The Morgan fingerprint density at radius 3 is 2.48 bits per heavy atom. The van der Waals surface area contributed by atoms with Gasteiger partial charge in [0.2, 0.25) is 0 Å². The highest BCUT2D eigenvalue weighted by Crippen LogP contribution is 2.24. The van der Waals surface area contributed by atoms with Gasteiger partial charge in [0.15, 0.2) is 0 Å². The molecule has 0 unspecified atom stereocenters. The van der Waals surface area contributed by atoms with Gasteiger partial charge in [0.1, 0.15) is 5.69 Å². The highest BCUT2D eigenvalue weighted by atomic mass is 16.1. The summed E-state index contributed by atoms with van der Waals surface area (Å²) in [6, 6.07) is 18.4. The quantitative estimate of drug-likeness (QED) is 0.748. The molecule has 3 aromatic rings. The fourth-order valence-electron chi connectivity index (χ4n) is 2.41. The van der Waals surface area contributed by atoms with Crippen LogP contribution in [-0.2, 0) is 0 Å². The fourth-order valence-corrected chi connectivity index (χ4v) is 2.41. The van der Waals surface area contributed by atoms with Crippen molar-refractivity contribution in [2.75, 3.05) is 0 Å². The molecule has 106 valence electrons. The molecule has 2 aromatic carbocycles. The number of carbonyl (C=O) groups excluding carboxylic acids is 1. The van der Waals surface area contributed by atoms with Gasteiger partial charge in [0, 0.05) is 16.9 Å². The topological polar surface area (TPSA) is 44.9 Å². The Bertz CT molecular complexity index is 772. The molecular formula is C18H18N2O. The second kappa shape index (κ2) is 5.44. The van der Waals surface area contributed by atoms with Crippen LogP contribution in [0.1, 0.15) is 24.3 Å². The van der Waals surface area contributed by atoms with Gasteiger partial charge in [-0.3, -0.25) is 4.79 Å². The van der Waals surface area contributed by atoms with E-state index in [2.05, 4.69) is 34.6 Å². The minimum atomic E-state index is -0.0672. The summed E-state index contributed by atoms with van der Waals surface area (Å²) in [5, 5.41) is 3.94. The molecule has 1 heterocycles. The first-order valence-corrected chi connectivity index (χ1v) is 7.12. The second-order valence-corrected chi connectivity index (χ2v) is 5.48. The van der Waals surface area contributed by atoms with Crippen molar-refractivity contribution in [2.24, 2.45) is 0 Å². The summed E-state index contributed by atoms with van der Waals surface area (Å²) in [5.41, 5.74) is 3.90. The minimum Gasteiger partial charge on any atom is -0.351 e. The Kier molecular flexibility index (Phi) is 3.48. The van der Waals surface area contributed by atoms with Crippen LogP contribution in [0.4, 0.5) is 0 Å². The van der Waals surface area contributed by atoms with E-state index in [1.807, 2.05) is 44.2 Å². The van der Waals surface area contributed by atoms with E-state index in [0.29, 0.717) is 5.69 Å². The van der Waals surface area contributed by atoms with Crippen molar-refractivity contribution in [3.63, 3.8) is 0 Å². The van der Waals surface area contributed by atoms with E-state index in [4.69, 9.17) is 0 Å². The molecule has 0 atom stereocenters. The lowest BCUT2D eigenvalue weighted by Crippen LogP contribution is -2.30. The van der Waals surface area contributed by atoms with Gasteiger partial charge in [0.05, 0.1) is 0 Å². The van der Waals surface area contributed by atoms with Crippen LogP contribution in [0, 0.1) is 0 Å². The normalized spacial score (nSPS) is 11.0. The zero-order valence-corrected chi connectivity index (χ0v) is 12.2. The van der Waals surface area contributed by atoms with E-state index in [9.17, 15) is 4.79 Å². The first-order chi connectivity index (χ1) is 10.1. The van der Waals surface area contributed by atoms with Crippen LogP contribution in [-0.4, -0.2) is 16.9 Å². The highest BCUT2D eigenvalue weighted by molar-refractivity contribution is 5.99. The number of aromatic amines is 1. The number of benzene rings is 2. The van der Waals surface area contributed by atoms with Gasteiger partial charge in [-0.05, 0) is 43.2 Å². The van der Waals surface area contributed by atoms with Crippen molar-refractivity contribution >= 4 is 16.8 Å². The standard InChI is InChI=1S/C18H18N2O/c1-12(2)19-18(21)17-11-15-10-14(8-9-16(15)20-17)13-6-4-3-5-7-13/h3-12,20H,1-2H3,(H,19,21). The summed E-state index contributed by atoms with van der Waals surface area (Å²) >= 11 is 0. The van der Waals surface area contributed by atoms with Crippen molar-refractivity contribution < 1.29 is 4.79 Å². The molecule has 0 bridgehead atoms. The number of H-pyrrole nitrogens is 1. The molecule has 3 heteroatoms. The summed E-state index contributed by atoms with van der Waals surface area (Å²) in [5.74, 6) is -0.0672. The van der Waals surface area contributed by atoms with Crippen molar-refractivity contribution in [1.29, 1.82) is 0 Å². The number of nitrogens with one attached hydrogen (secondary N) is 2. The number of aromatic nitrogens is 1. The molecule has 3 nitrogen and oxygen atoms in total. The van der Waals surface area contributed by atoms with E-state index < -0.39 is 0 Å². The van der Waals surface area contributed by atoms with Crippen LogP contribution >= 0.6 is 0 Å². The third-order valence-electron chi connectivity index (χ3n) is 3.39. The first-order valence-electron chi connectivity index (χ1n) is 7.12. The van der Waals surface area contributed by atoms with Gasteiger partial charge < -0.3 is 10.3 Å². The summed E-state index contributed by atoms with van der Waals surface area (Å²) in [6.07, 6.45) is 0. The van der Waals surface area contributed by atoms with Crippen LogP contribution in [0.25, 0.3) is 22.0 Å². The lowest BCUT2D eigenvalue weighted by atomic mass is 10.0. The van der Waals surface area contributed by atoms with Crippen LogP contribution in [0.2, 0.25) is 0 Å². The fraction of sp³-hybridized carbons (Fsp3) is 0.167. The van der Waals surface area contributed by atoms with Gasteiger partial charge in [0.25, 0.3) is 5.91 Å². The maximum Gasteiger partial charge on any atom is 0.267 e. The van der Waals surface area contributed by atoms with E-state index in [0.717, 1.165) is 16.5 Å². The van der Waals surface area contributed by atoms with Crippen molar-refractivity contribution in [2.45, 2.75) is 19.9 Å². The van der Waals surface area contributed by atoms with Gasteiger partial charge in [-0.1, -0.05) is 36.4 Å². The maximum absolute atomic E-state index is 12.0. The Morgan fingerprint density at radius 1 is 1.00 bits per heavy atom. The third kappa shape index (κ3) is 2.82. The van der Waals surface area contributed by atoms with Gasteiger partial charge in [-0.25, -0.2) is 0 Å². The summed E-state index contributed by atoms with van der Waals surface area (Å²) in [6.45, 7) is 3.90. The number of amides is 1. The molecule has 1 aromatic heterocycles. The molecule has 0 aliphatic carbocycles. The van der Waals surface area contributed by atoms with E-state index in [1.54, 1.807) is 0 Å². The van der Waals surface area contributed by atoms with Crippen molar-refractivity contribution in [3.8, 4) is 11.1 Å². The average Bonchev–Trinajstić information content (AvgIpc) is 2.90. The number of hydrogen-bond acceptors (Lipinski definition) is 1. The van der Waals surface area contributed by atoms with Crippen LogP contribution in [0.15, 0.2) is 54.6 Å². The van der Waals surface area contributed by atoms with Crippen molar-refractivity contribution in [3.05, 3.63) is 60.3 Å². The van der Waals surface area contributed by atoms with Gasteiger partial charge in [-0.2, -0.15) is 0 Å². The Labute approximate surface area is 124 Å². The average molecular weight is 278 g/mol. The molecule has 21 heavy (non-hydrogen) atoms. The smallest absolute Gasteiger partial charge is 0.267 e. The molecule has 3 rings (SSSR count). The molecular weight excluding hydrogens is 260 g/mol. The molecule has 0 saturated heterocycles. The summed E-state index contributed by atoms with van der Waals surface area (Å²) in [7, 11) is 0. The van der Waals surface area contributed by atoms with Gasteiger partial charge in [-0.15, -0.1) is 0 Å². The van der Waals surface area contributed by atoms with Crippen molar-refractivity contribution in [1.82, 2.24) is 10.3 Å². The predicted molar refractivity (Wildman–Crippen MR) is 86.3 cm³/mol. The minimum absolute atomic E-state index is 0.0672. The number of carbonyl (C=O) groups is 1. The Hall–Kier alpha value is -2.55. The van der Waals surface area contributed by atoms with Gasteiger partial charge >= 0.3 is 0 Å². The third-order valence-corrected chi connectivity index (χ3v) is 3.39. The van der Waals surface area contributed by atoms with Crippen LogP contribution < -0.4 is 5.32 Å². The SMILES string of the molecule is CC(C)NC(=O)c1cc2cc(-c3ccccc3)ccc2[nH]1. The summed E-state index contributed by atoms with van der Waals surface area (Å²) in [4.78, 5) is 15.2. The number of rotatable bonds is 3. The van der Waals surface area contributed by atoms with Crippen LogP contribution in [0.5, 0.6) is 0 Å². The summed E-state index contributed by atoms with van der Waals surface area (Å²) < 4.78 is 0. The second-order valence-electron chi connectivity index (χ2n) is 5.48. The number of fused-ring (bicyclic) bond motifs is 1. The maximum atomic E-state index is 12.0. The monoisotopic (exact) mass is 278 g/mol. The first kappa shape index (κ1) is 13.4. The molecule has 2 N–H and O–H groups in total. The lowest BCUT2D eigenvalue weighted by molar-refractivity contribution is 0.0939. The van der Waals surface area contributed by atoms with E-state index in [-0.39, 0.29) is 11.9 Å². The largest absolute Gasteiger partial charge is 0.351 e. The van der Waals surface area contributed by atoms with E-state index in [1.165, 1.54) is 5.56 Å². The molecule has 0 aliphatic heterocycles. The molecule has 0 radical (unpaired) electrons. The zero-order chi connectivity index (χ0) is 14.8. The molecule has 0 spiro atoms. The Balaban J connectivity index is 1.97. The Morgan fingerprint density at radius 2 is 1.76 bits per heavy atom.